The van der Waals surface area contributed by atoms with Gasteiger partial charge < -0.3 is 23.8 Å². The summed E-state index contributed by atoms with van der Waals surface area (Å²) in [4.78, 5) is 15.1. The first kappa shape index (κ1) is 50.7. The van der Waals surface area contributed by atoms with Crippen LogP contribution in [-0.4, -0.2) is 68.1 Å². The molecule has 0 amide bonds. The number of carbonyl (C=O) groups excluding carboxylic acids is 1. The summed E-state index contributed by atoms with van der Waals surface area (Å²) in [6, 6.07) is 0. The average Bonchev–Trinajstić information content (AvgIpc) is 3.12. The molecule has 8 heteroatoms. The van der Waals surface area contributed by atoms with Gasteiger partial charge in [-0.3, -0.25) is 9.88 Å². The molecule has 306 valence electrons. The molecule has 0 aliphatic rings. The Morgan fingerprint density at radius 1 is 0.569 bits per heavy atom. The maximum absolute atomic E-state index is 12.7. The molecule has 0 fully saturated rings. The van der Waals surface area contributed by atoms with E-state index in [1.165, 1.54) is 128 Å². The predicted molar refractivity (Wildman–Crippen MR) is 221 cm³/mol. The highest BCUT2D eigenvalue weighted by molar-refractivity contribution is 7.44. The van der Waals surface area contributed by atoms with Crippen molar-refractivity contribution in [2.24, 2.45) is 0 Å². The van der Waals surface area contributed by atoms with E-state index in [4.69, 9.17) is 13.8 Å². The Labute approximate surface area is 319 Å². The third-order valence-corrected chi connectivity index (χ3v) is 11.3. The molecule has 0 spiro atoms. The quantitative estimate of drug-likeness (QED) is 0.0365. The maximum atomic E-state index is 12.7. The zero-order valence-electron chi connectivity index (χ0n) is 34.7. The van der Waals surface area contributed by atoms with Gasteiger partial charge in [-0.15, -0.1) is 0 Å². The Balaban J connectivity index is 4.08. The Hall–Kier alpha value is -0.300. The van der Waals surface area contributed by atoms with Crippen molar-refractivity contribution in [3.05, 3.63) is 0 Å². The Bertz CT molecular complexity index is 673. The lowest BCUT2D eigenvalue weighted by molar-refractivity contribution is -0.150. The van der Waals surface area contributed by atoms with Crippen molar-refractivity contribution in [3.63, 3.8) is 0 Å². The number of nitrogens with zero attached hydrogens (tertiary/aromatic N) is 1. The van der Waals surface area contributed by atoms with Gasteiger partial charge in [-0.2, -0.15) is 0 Å². The summed E-state index contributed by atoms with van der Waals surface area (Å²) in [7, 11) is -0.982. The van der Waals surface area contributed by atoms with Crippen LogP contribution in [0.5, 0.6) is 0 Å². The van der Waals surface area contributed by atoms with Crippen LogP contribution in [0, 0.1) is 0 Å². The number of nitrogens with one attached hydrogen (secondary N) is 1. The minimum Gasteiger partial charge on any atom is -0.462 e. The molecule has 0 aromatic carbocycles. The lowest BCUT2D eigenvalue weighted by Crippen LogP contribution is -2.29. The molecule has 51 heavy (non-hydrogen) atoms. The zero-order valence-corrected chi connectivity index (χ0v) is 35.6. The van der Waals surface area contributed by atoms with E-state index in [0.717, 1.165) is 90.6 Å². The molecule has 0 saturated heterocycles. The zero-order chi connectivity index (χ0) is 37.3. The molecule has 2 N–H and O–H groups in total. The van der Waals surface area contributed by atoms with Gasteiger partial charge in [0.1, 0.15) is 6.10 Å². The number of ether oxygens (including phenoxy) is 1. The van der Waals surface area contributed by atoms with Crippen molar-refractivity contribution in [3.8, 4) is 0 Å². The van der Waals surface area contributed by atoms with Gasteiger partial charge in [-0.05, 0) is 84.2 Å². The number of hydrogen-bond donors (Lipinski definition) is 2. The molecule has 0 rings (SSSR count). The van der Waals surface area contributed by atoms with Crippen LogP contribution in [0.25, 0.3) is 0 Å². The number of unbranched alkanes of at least 4 members (excludes halogenated alkanes) is 22. The largest absolute Gasteiger partial charge is 0.462 e. The number of aliphatic hydroxyl groups is 1. The molecule has 0 saturated carbocycles. The van der Waals surface area contributed by atoms with Gasteiger partial charge in [-0.1, -0.05) is 143 Å². The van der Waals surface area contributed by atoms with E-state index in [2.05, 4.69) is 30.8 Å². The van der Waals surface area contributed by atoms with Crippen LogP contribution in [0.1, 0.15) is 220 Å². The van der Waals surface area contributed by atoms with Gasteiger partial charge >= 0.3 is 5.97 Å². The molecule has 0 bridgehead atoms. The number of aliphatic hydroxyl groups excluding tert-OH is 1. The number of carbonyl (C=O) groups is 1. The highest BCUT2D eigenvalue weighted by Gasteiger charge is 2.14. The third kappa shape index (κ3) is 37.8. The molecule has 0 radical (unpaired) electrons. The van der Waals surface area contributed by atoms with Crippen LogP contribution in [0.4, 0.5) is 0 Å². The molecule has 7 nitrogen and oxygen atoms in total. The smallest absolute Gasteiger partial charge is 0.306 e. The molecule has 0 heterocycles. The summed E-state index contributed by atoms with van der Waals surface area (Å²) < 4.78 is 17.9. The van der Waals surface area contributed by atoms with E-state index in [0.29, 0.717) is 13.0 Å². The van der Waals surface area contributed by atoms with E-state index >= 15 is 0 Å². The van der Waals surface area contributed by atoms with Crippen LogP contribution in [0.3, 0.4) is 0 Å². The second-order valence-corrected chi connectivity index (χ2v) is 16.3. The summed E-state index contributed by atoms with van der Waals surface area (Å²) in [6.07, 6.45) is 36.2. The van der Waals surface area contributed by atoms with E-state index in [-0.39, 0.29) is 18.7 Å². The number of rotatable bonds is 43. The van der Waals surface area contributed by atoms with Crippen LogP contribution in [-0.2, 0) is 18.6 Å². The van der Waals surface area contributed by atoms with Crippen LogP contribution < -0.4 is 5.09 Å². The summed E-state index contributed by atoms with van der Waals surface area (Å²) >= 11 is 0. The van der Waals surface area contributed by atoms with Gasteiger partial charge in [-0.25, -0.2) is 0 Å². The summed E-state index contributed by atoms with van der Waals surface area (Å²) in [5.41, 5.74) is 0. The van der Waals surface area contributed by atoms with Crippen molar-refractivity contribution >= 4 is 14.5 Å². The van der Waals surface area contributed by atoms with E-state index in [1.54, 1.807) is 0 Å². The van der Waals surface area contributed by atoms with Crippen LogP contribution in [0.15, 0.2) is 0 Å². The van der Waals surface area contributed by atoms with Gasteiger partial charge in [0.15, 0.2) is 0 Å². The van der Waals surface area contributed by atoms with Gasteiger partial charge in [0.2, 0.25) is 0 Å². The van der Waals surface area contributed by atoms with Crippen molar-refractivity contribution < 1.29 is 23.7 Å². The third-order valence-electron chi connectivity index (χ3n) is 9.92. The molecular formula is C43H89N2O5P. The first-order chi connectivity index (χ1) is 25.1. The van der Waals surface area contributed by atoms with Crippen molar-refractivity contribution in [2.75, 3.05) is 46.0 Å². The number of esters is 1. The van der Waals surface area contributed by atoms with Crippen LogP contribution in [0.2, 0.25) is 0 Å². The SMILES string of the molecule is CCCCCCCCCNP(OCC)OCCCCCN(CCO)CCCCCCCC(=O)OC(CCCCCCCC)CCCCCCCC. The molecular weight excluding hydrogens is 655 g/mol. The summed E-state index contributed by atoms with van der Waals surface area (Å²) in [5.74, 6) is 0.0192. The average molecular weight is 745 g/mol. The van der Waals surface area contributed by atoms with Gasteiger partial charge in [0.25, 0.3) is 8.53 Å². The fraction of sp³-hybridized carbons (Fsp3) is 0.977. The van der Waals surface area contributed by atoms with E-state index < -0.39 is 8.53 Å². The molecule has 0 aliphatic carbocycles. The molecule has 1 unspecified atom stereocenters. The Morgan fingerprint density at radius 3 is 1.57 bits per heavy atom. The first-order valence-electron chi connectivity index (χ1n) is 22.4. The van der Waals surface area contributed by atoms with Crippen molar-refractivity contribution in [1.82, 2.24) is 9.99 Å². The monoisotopic (exact) mass is 745 g/mol. The molecule has 0 aromatic rings. The molecule has 1 atom stereocenters. The predicted octanol–water partition coefficient (Wildman–Crippen LogP) is 12.8. The summed E-state index contributed by atoms with van der Waals surface area (Å²) in [6.45, 7) is 14.2. The Morgan fingerprint density at radius 2 is 1.04 bits per heavy atom. The van der Waals surface area contributed by atoms with Gasteiger partial charge in [0, 0.05) is 19.5 Å². The van der Waals surface area contributed by atoms with E-state index in [9.17, 15) is 9.90 Å². The maximum Gasteiger partial charge on any atom is 0.306 e. The second-order valence-electron chi connectivity index (χ2n) is 14.9. The fourth-order valence-corrected chi connectivity index (χ4v) is 7.81. The normalized spacial score (nSPS) is 12.4. The highest BCUT2D eigenvalue weighted by Crippen LogP contribution is 2.33. The van der Waals surface area contributed by atoms with Crippen LogP contribution >= 0.6 is 8.53 Å². The number of hydrogen-bond acceptors (Lipinski definition) is 7. The highest BCUT2D eigenvalue weighted by atomic mass is 31.2. The minimum absolute atomic E-state index is 0.0192. The summed E-state index contributed by atoms with van der Waals surface area (Å²) in [5, 5.41) is 13.1. The lowest BCUT2D eigenvalue weighted by atomic mass is 10.0. The second kappa shape index (κ2) is 42.4. The van der Waals surface area contributed by atoms with Gasteiger partial charge in [0.05, 0.1) is 19.8 Å². The molecule has 0 aliphatic heterocycles. The molecule has 0 aromatic heterocycles. The standard InChI is InChI=1S/C43H89N2O5P/c1-5-9-12-15-18-23-29-36-44-51(48-8-4)49-41-32-25-31-38-45(39-40-46)37-30-24-19-22-28-35-43(47)50-42(33-26-20-16-13-10-6-2)34-27-21-17-14-11-7-3/h42,44,46H,5-41H2,1-4H3. The first-order valence-corrected chi connectivity index (χ1v) is 23.6. The lowest BCUT2D eigenvalue weighted by Gasteiger charge is -2.21. The van der Waals surface area contributed by atoms with Crippen molar-refractivity contribution in [1.29, 1.82) is 0 Å². The Kier molecular flexibility index (Phi) is 42.2. The topological polar surface area (TPSA) is 80.3 Å². The van der Waals surface area contributed by atoms with Crippen molar-refractivity contribution in [2.45, 2.75) is 226 Å². The fourth-order valence-electron chi connectivity index (χ4n) is 6.68. The minimum atomic E-state index is -0.982. The van der Waals surface area contributed by atoms with E-state index in [1.807, 2.05) is 6.92 Å².